The number of H-pyrrole nitrogens is 1. The van der Waals surface area contributed by atoms with Gasteiger partial charge in [0.15, 0.2) is 0 Å². The summed E-state index contributed by atoms with van der Waals surface area (Å²) in [5.41, 5.74) is 9.54. The largest absolute Gasteiger partial charge is 0.501 e. The third-order valence-electron chi connectivity index (χ3n) is 4.60. The summed E-state index contributed by atoms with van der Waals surface area (Å²) in [6, 6.07) is 2.99. The number of nitrogens with two attached hydrogens (primary N) is 1. The van der Waals surface area contributed by atoms with E-state index in [1.54, 1.807) is 32.5 Å². The van der Waals surface area contributed by atoms with E-state index < -0.39 is 0 Å². The third kappa shape index (κ3) is 6.70. The summed E-state index contributed by atoms with van der Waals surface area (Å²) in [7, 11) is 1.63. The zero-order chi connectivity index (χ0) is 22.1. The van der Waals surface area contributed by atoms with E-state index in [1.807, 2.05) is 19.1 Å². The Bertz CT molecular complexity index is 992. The van der Waals surface area contributed by atoms with Crippen molar-refractivity contribution in [2.75, 3.05) is 13.7 Å². The van der Waals surface area contributed by atoms with Crippen LogP contribution in [0.3, 0.4) is 0 Å². The molecule has 0 fully saturated rings. The fourth-order valence-electron chi connectivity index (χ4n) is 2.74. The van der Waals surface area contributed by atoms with Gasteiger partial charge in [0.05, 0.1) is 18.4 Å². The molecule has 2 rings (SSSR count). The number of hydrogen-bond donors (Lipinski definition) is 2. The maximum Gasteiger partial charge on any atom is 0.248 e. The molecule has 0 radical (unpaired) electrons. The van der Waals surface area contributed by atoms with Crippen LogP contribution in [0.2, 0.25) is 0 Å². The number of hydrogen-bond acceptors (Lipinski definition) is 6. The van der Waals surface area contributed by atoms with Crippen molar-refractivity contribution in [1.82, 2.24) is 15.0 Å². The van der Waals surface area contributed by atoms with E-state index in [-0.39, 0.29) is 18.2 Å². The smallest absolute Gasteiger partial charge is 0.248 e. The van der Waals surface area contributed by atoms with Gasteiger partial charge in [-0.15, -0.1) is 0 Å². The average molecular weight is 411 g/mol. The number of ether oxygens (including phenoxy) is 2. The normalized spacial score (nSPS) is 13.1. The first kappa shape index (κ1) is 23.1. The zero-order valence-corrected chi connectivity index (χ0v) is 18.1. The van der Waals surface area contributed by atoms with Crippen molar-refractivity contribution in [2.24, 2.45) is 5.73 Å². The summed E-state index contributed by atoms with van der Waals surface area (Å²) in [4.78, 5) is 22.9. The average Bonchev–Trinajstić information content (AvgIpc) is 2.74. The third-order valence-corrected chi connectivity index (χ3v) is 4.60. The molecule has 1 unspecified atom stereocenters. The van der Waals surface area contributed by atoms with E-state index >= 15 is 0 Å². The van der Waals surface area contributed by atoms with Crippen molar-refractivity contribution in [3.63, 3.8) is 0 Å². The van der Waals surface area contributed by atoms with Crippen molar-refractivity contribution in [3.05, 3.63) is 76.3 Å². The minimum absolute atomic E-state index is 0.206. The second-order valence-corrected chi connectivity index (χ2v) is 6.98. The van der Waals surface area contributed by atoms with Crippen LogP contribution in [0.25, 0.3) is 11.1 Å². The van der Waals surface area contributed by atoms with Crippen LogP contribution >= 0.6 is 0 Å². The molecule has 0 spiro atoms. The van der Waals surface area contributed by atoms with Gasteiger partial charge in [-0.1, -0.05) is 25.2 Å². The van der Waals surface area contributed by atoms with Crippen LogP contribution in [0.1, 0.15) is 32.5 Å². The molecule has 0 amide bonds. The molecule has 0 aliphatic carbocycles. The van der Waals surface area contributed by atoms with Crippen molar-refractivity contribution in [1.29, 1.82) is 0 Å². The van der Waals surface area contributed by atoms with Gasteiger partial charge in [0.25, 0.3) is 0 Å². The highest BCUT2D eigenvalue weighted by Gasteiger charge is 2.14. The van der Waals surface area contributed by atoms with Crippen LogP contribution in [0.5, 0.6) is 5.88 Å². The summed E-state index contributed by atoms with van der Waals surface area (Å²) in [5.74, 6) is 1.78. The predicted octanol–water partition coefficient (Wildman–Crippen LogP) is 3.68. The molecular formula is C23H30N4O3. The molecular weight excluding hydrogens is 380 g/mol. The lowest BCUT2D eigenvalue weighted by atomic mass is 9.98. The second kappa shape index (κ2) is 11.1. The molecule has 30 heavy (non-hydrogen) atoms. The van der Waals surface area contributed by atoms with Gasteiger partial charge in [0.2, 0.25) is 11.4 Å². The Balaban J connectivity index is 2.17. The van der Waals surface area contributed by atoms with Gasteiger partial charge in [-0.3, -0.25) is 4.79 Å². The quantitative estimate of drug-likeness (QED) is 0.457. The Labute approximate surface area is 177 Å². The summed E-state index contributed by atoms with van der Waals surface area (Å²) >= 11 is 0. The van der Waals surface area contributed by atoms with Gasteiger partial charge >= 0.3 is 0 Å². The monoisotopic (exact) mass is 410 g/mol. The molecule has 0 aliphatic heterocycles. The number of aryl methyl sites for hydroxylation is 1. The van der Waals surface area contributed by atoms with Crippen LogP contribution in [-0.2, 0) is 4.74 Å². The highest BCUT2D eigenvalue weighted by molar-refractivity contribution is 5.67. The van der Waals surface area contributed by atoms with Gasteiger partial charge in [0.1, 0.15) is 12.4 Å². The van der Waals surface area contributed by atoms with Crippen LogP contribution < -0.4 is 16.0 Å². The number of nitrogens with zero attached hydrogens (tertiary/aromatic N) is 2. The van der Waals surface area contributed by atoms with E-state index in [0.29, 0.717) is 29.3 Å². The lowest BCUT2D eigenvalue weighted by Gasteiger charge is -2.17. The highest BCUT2D eigenvalue weighted by atomic mass is 16.5. The summed E-state index contributed by atoms with van der Waals surface area (Å²) in [5, 5.41) is 0. The van der Waals surface area contributed by atoms with E-state index in [1.165, 1.54) is 6.07 Å². The number of allylic oxidation sites excluding steroid dienone is 4. The first-order valence-corrected chi connectivity index (χ1v) is 9.84. The van der Waals surface area contributed by atoms with Gasteiger partial charge in [-0.05, 0) is 50.0 Å². The summed E-state index contributed by atoms with van der Waals surface area (Å²) < 4.78 is 11.1. The molecule has 0 aromatic carbocycles. The van der Waals surface area contributed by atoms with Crippen LogP contribution in [0, 0.1) is 6.92 Å². The fraction of sp³-hybridized carbons (Fsp3) is 0.348. The first-order chi connectivity index (χ1) is 14.3. The van der Waals surface area contributed by atoms with E-state index in [9.17, 15) is 4.79 Å². The van der Waals surface area contributed by atoms with Crippen molar-refractivity contribution in [3.8, 4) is 17.0 Å². The van der Waals surface area contributed by atoms with Gasteiger partial charge < -0.3 is 20.2 Å². The molecule has 3 N–H and O–H groups in total. The molecule has 160 valence electrons. The predicted molar refractivity (Wildman–Crippen MR) is 119 cm³/mol. The summed E-state index contributed by atoms with van der Waals surface area (Å²) in [6.45, 7) is 10.1. The molecule has 0 saturated carbocycles. The number of aromatic nitrogens is 3. The molecule has 0 aliphatic rings. The van der Waals surface area contributed by atoms with Crippen LogP contribution in [0.4, 0.5) is 0 Å². The Morgan fingerprint density at radius 2 is 2.17 bits per heavy atom. The molecule has 7 nitrogen and oxygen atoms in total. The summed E-state index contributed by atoms with van der Waals surface area (Å²) in [6.07, 6.45) is 8.56. The first-order valence-electron chi connectivity index (χ1n) is 9.84. The molecule has 2 heterocycles. The standard InChI is InChI=1S/C23H30N4O3/c1-6-15(2)18(8-7-16(3)29-5)11-20(24)14-30-23-21(13-26-17(4)27-23)19-9-10-25-22(28)12-19/h7-10,12-13,20H,2,6,11,14,24H2,1,3-5H3,(H,25,28). The van der Waals surface area contributed by atoms with Crippen molar-refractivity contribution < 1.29 is 9.47 Å². The molecule has 0 saturated heterocycles. The number of methoxy groups -OCH3 is 1. The lowest BCUT2D eigenvalue weighted by Crippen LogP contribution is -2.29. The molecule has 1 atom stereocenters. The fourth-order valence-corrected chi connectivity index (χ4v) is 2.74. The Hall–Kier alpha value is -3.19. The van der Waals surface area contributed by atoms with E-state index in [0.717, 1.165) is 23.3 Å². The Morgan fingerprint density at radius 1 is 1.40 bits per heavy atom. The van der Waals surface area contributed by atoms with Crippen LogP contribution in [0.15, 0.2) is 65.0 Å². The van der Waals surface area contributed by atoms with Gasteiger partial charge in [-0.2, -0.15) is 4.98 Å². The van der Waals surface area contributed by atoms with E-state index in [4.69, 9.17) is 15.2 Å². The van der Waals surface area contributed by atoms with Gasteiger partial charge in [-0.25, -0.2) is 4.98 Å². The molecule has 7 heteroatoms. The zero-order valence-electron chi connectivity index (χ0n) is 18.1. The van der Waals surface area contributed by atoms with Gasteiger partial charge in [0, 0.05) is 24.5 Å². The highest BCUT2D eigenvalue weighted by Crippen LogP contribution is 2.27. The SMILES string of the molecule is C=C(CC)C(=CC=C(C)OC)CC(N)COc1nc(C)ncc1-c1cc[nH]c(=O)c1. The van der Waals surface area contributed by atoms with E-state index in [2.05, 4.69) is 28.5 Å². The molecule has 0 bridgehead atoms. The number of nitrogens with one attached hydrogen (secondary N) is 1. The lowest BCUT2D eigenvalue weighted by molar-refractivity contribution is 0.277. The maximum atomic E-state index is 11.7. The Kier molecular flexibility index (Phi) is 8.55. The van der Waals surface area contributed by atoms with Crippen molar-refractivity contribution in [2.45, 2.75) is 39.7 Å². The topological polar surface area (TPSA) is 103 Å². The minimum Gasteiger partial charge on any atom is -0.501 e. The minimum atomic E-state index is -0.266. The molecule has 2 aromatic rings. The Morgan fingerprint density at radius 3 is 2.83 bits per heavy atom. The number of rotatable bonds is 10. The number of pyridine rings is 1. The van der Waals surface area contributed by atoms with Crippen LogP contribution in [-0.4, -0.2) is 34.7 Å². The number of aromatic amines is 1. The molecule has 2 aromatic heterocycles. The second-order valence-electron chi connectivity index (χ2n) is 6.98. The maximum absolute atomic E-state index is 11.7. The van der Waals surface area contributed by atoms with Crippen molar-refractivity contribution >= 4 is 0 Å².